The average Bonchev–Trinajstić information content (AvgIpc) is 2.38. The van der Waals surface area contributed by atoms with E-state index in [-0.39, 0.29) is 6.04 Å². The molecule has 0 saturated carbocycles. The standard InChI is InChI=1S/C13H21NO2S/c1-4-5-17-9-13(14)10-6-11(15-2)8-12(7-10)16-3/h6-8,13H,4-5,9,14H2,1-3H3. The van der Waals surface area contributed by atoms with E-state index in [9.17, 15) is 0 Å². The number of thioether (sulfide) groups is 1. The molecular weight excluding hydrogens is 234 g/mol. The van der Waals surface area contributed by atoms with E-state index in [4.69, 9.17) is 15.2 Å². The Balaban J connectivity index is 2.73. The Hall–Kier alpha value is -0.870. The average molecular weight is 255 g/mol. The van der Waals surface area contributed by atoms with E-state index in [1.807, 2.05) is 30.0 Å². The van der Waals surface area contributed by atoms with Crippen molar-refractivity contribution in [3.05, 3.63) is 23.8 Å². The van der Waals surface area contributed by atoms with Gasteiger partial charge in [-0.25, -0.2) is 0 Å². The van der Waals surface area contributed by atoms with Crippen molar-refractivity contribution in [3.63, 3.8) is 0 Å². The van der Waals surface area contributed by atoms with Gasteiger partial charge < -0.3 is 15.2 Å². The molecule has 0 radical (unpaired) electrons. The van der Waals surface area contributed by atoms with Gasteiger partial charge >= 0.3 is 0 Å². The van der Waals surface area contributed by atoms with Crippen LogP contribution < -0.4 is 15.2 Å². The topological polar surface area (TPSA) is 44.5 Å². The Bertz CT molecular complexity index is 322. The first-order valence-corrected chi connectivity index (χ1v) is 6.93. The summed E-state index contributed by atoms with van der Waals surface area (Å²) in [7, 11) is 3.30. The molecule has 0 fully saturated rings. The smallest absolute Gasteiger partial charge is 0.122 e. The third-order valence-corrected chi connectivity index (χ3v) is 3.74. The molecule has 0 amide bonds. The van der Waals surface area contributed by atoms with Crippen LogP contribution >= 0.6 is 11.8 Å². The highest BCUT2D eigenvalue weighted by Gasteiger charge is 2.09. The highest BCUT2D eigenvalue weighted by atomic mass is 32.2. The van der Waals surface area contributed by atoms with E-state index in [1.165, 1.54) is 6.42 Å². The molecule has 0 aliphatic carbocycles. The van der Waals surface area contributed by atoms with Crippen LogP contribution in [0.25, 0.3) is 0 Å². The molecule has 0 aliphatic heterocycles. The van der Waals surface area contributed by atoms with Crippen molar-refractivity contribution in [2.45, 2.75) is 19.4 Å². The second kappa shape index (κ2) is 7.45. The number of hydrogen-bond acceptors (Lipinski definition) is 4. The van der Waals surface area contributed by atoms with Gasteiger partial charge in [-0.05, 0) is 29.9 Å². The van der Waals surface area contributed by atoms with E-state index in [1.54, 1.807) is 14.2 Å². The van der Waals surface area contributed by atoms with E-state index in [2.05, 4.69) is 6.92 Å². The molecule has 1 aromatic rings. The molecule has 0 aromatic heterocycles. The molecule has 1 unspecified atom stereocenters. The lowest BCUT2D eigenvalue weighted by molar-refractivity contribution is 0.393. The molecule has 2 N–H and O–H groups in total. The van der Waals surface area contributed by atoms with Gasteiger partial charge in [0.2, 0.25) is 0 Å². The Morgan fingerprint density at radius 2 is 1.76 bits per heavy atom. The van der Waals surface area contributed by atoms with Crippen LogP contribution in [0.2, 0.25) is 0 Å². The molecule has 0 bridgehead atoms. The first kappa shape index (κ1) is 14.2. The van der Waals surface area contributed by atoms with E-state index in [0.717, 1.165) is 28.6 Å². The van der Waals surface area contributed by atoms with Crippen LogP contribution in [0, 0.1) is 0 Å². The van der Waals surface area contributed by atoms with Crippen molar-refractivity contribution < 1.29 is 9.47 Å². The van der Waals surface area contributed by atoms with Crippen LogP contribution in [-0.2, 0) is 0 Å². The summed E-state index contributed by atoms with van der Waals surface area (Å²) in [5.41, 5.74) is 7.21. The Labute approximate surface area is 108 Å². The van der Waals surface area contributed by atoms with Crippen molar-refractivity contribution in [2.75, 3.05) is 25.7 Å². The van der Waals surface area contributed by atoms with Crippen molar-refractivity contribution in [1.82, 2.24) is 0 Å². The molecule has 1 aromatic carbocycles. The van der Waals surface area contributed by atoms with Gasteiger partial charge in [0.1, 0.15) is 11.5 Å². The largest absolute Gasteiger partial charge is 0.497 e. The molecular formula is C13H21NO2S. The molecule has 1 atom stereocenters. The molecule has 3 nitrogen and oxygen atoms in total. The highest BCUT2D eigenvalue weighted by Crippen LogP contribution is 2.27. The van der Waals surface area contributed by atoms with Crippen LogP contribution in [0.15, 0.2) is 18.2 Å². The normalized spacial score (nSPS) is 12.2. The Morgan fingerprint density at radius 3 is 2.24 bits per heavy atom. The predicted molar refractivity (Wildman–Crippen MR) is 74.1 cm³/mol. The third-order valence-electron chi connectivity index (χ3n) is 2.45. The number of methoxy groups -OCH3 is 2. The SMILES string of the molecule is CCCSCC(N)c1cc(OC)cc(OC)c1. The van der Waals surface area contributed by atoms with Gasteiger partial charge in [-0.3, -0.25) is 0 Å². The van der Waals surface area contributed by atoms with Crippen molar-refractivity contribution in [3.8, 4) is 11.5 Å². The summed E-state index contributed by atoms with van der Waals surface area (Å²) in [6, 6.07) is 5.82. The Morgan fingerprint density at radius 1 is 1.18 bits per heavy atom. The first-order chi connectivity index (χ1) is 8.21. The molecule has 0 aliphatic rings. The van der Waals surface area contributed by atoms with Gasteiger partial charge in [0, 0.05) is 17.9 Å². The number of nitrogens with two attached hydrogens (primary N) is 1. The first-order valence-electron chi connectivity index (χ1n) is 5.77. The maximum Gasteiger partial charge on any atom is 0.122 e. The zero-order valence-corrected chi connectivity index (χ0v) is 11.5. The van der Waals surface area contributed by atoms with Crippen LogP contribution in [-0.4, -0.2) is 25.7 Å². The summed E-state index contributed by atoms with van der Waals surface area (Å²) in [6.07, 6.45) is 1.18. The van der Waals surface area contributed by atoms with Gasteiger partial charge in [0.25, 0.3) is 0 Å². The summed E-state index contributed by atoms with van der Waals surface area (Å²) in [4.78, 5) is 0. The number of benzene rings is 1. The summed E-state index contributed by atoms with van der Waals surface area (Å²) >= 11 is 1.88. The number of hydrogen-bond donors (Lipinski definition) is 1. The van der Waals surface area contributed by atoms with Crippen molar-refractivity contribution >= 4 is 11.8 Å². The monoisotopic (exact) mass is 255 g/mol. The van der Waals surface area contributed by atoms with Gasteiger partial charge in [-0.1, -0.05) is 6.92 Å². The van der Waals surface area contributed by atoms with Crippen LogP contribution in [0.1, 0.15) is 24.9 Å². The summed E-state index contributed by atoms with van der Waals surface area (Å²) in [5.74, 6) is 3.64. The van der Waals surface area contributed by atoms with Crippen molar-refractivity contribution in [2.24, 2.45) is 5.73 Å². The summed E-state index contributed by atoms with van der Waals surface area (Å²) in [6.45, 7) is 2.17. The van der Waals surface area contributed by atoms with E-state index >= 15 is 0 Å². The minimum Gasteiger partial charge on any atom is -0.497 e. The lowest BCUT2D eigenvalue weighted by Gasteiger charge is -2.14. The van der Waals surface area contributed by atoms with Crippen molar-refractivity contribution in [1.29, 1.82) is 0 Å². The predicted octanol–water partition coefficient (Wildman–Crippen LogP) is 2.85. The maximum atomic E-state index is 6.15. The summed E-state index contributed by atoms with van der Waals surface area (Å²) < 4.78 is 10.5. The highest BCUT2D eigenvalue weighted by molar-refractivity contribution is 7.99. The molecule has 0 spiro atoms. The maximum absolute atomic E-state index is 6.15. The van der Waals surface area contributed by atoms with Gasteiger partial charge in [0.05, 0.1) is 14.2 Å². The lowest BCUT2D eigenvalue weighted by Crippen LogP contribution is -2.13. The van der Waals surface area contributed by atoms with Crippen LogP contribution in [0.4, 0.5) is 0 Å². The minimum atomic E-state index is 0.0237. The molecule has 1 rings (SSSR count). The fourth-order valence-electron chi connectivity index (χ4n) is 1.49. The van der Waals surface area contributed by atoms with Crippen LogP contribution in [0.3, 0.4) is 0 Å². The zero-order chi connectivity index (χ0) is 12.7. The van der Waals surface area contributed by atoms with Gasteiger partial charge in [-0.15, -0.1) is 0 Å². The molecule has 0 saturated heterocycles. The summed E-state index contributed by atoms with van der Waals surface area (Å²) in [5, 5.41) is 0. The lowest BCUT2D eigenvalue weighted by atomic mass is 10.1. The zero-order valence-electron chi connectivity index (χ0n) is 10.7. The molecule has 96 valence electrons. The fraction of sp³-hybridized carbons (Fsp3) is 0.538. The second-order valence-corrected chi connectivity index (χ2v) is 4.98. The number of ether oxygens (including phenoxy) is 2. The minimum absolute atomic E-state index is 0.0237. The molecule has 17 heavy (non-hydrogen) atoms. The van der Waals surface area contributed by atoms with Gasteiger partial charge in [-0.2, -0.15) is 11.8 Å². The molecule has 4 heteroatoms. The van der Waals surface area contributed by atoms with E-state index in [0.29, 0.717) is 0 Å². The Kier molecular flexibility index (Phi) is 6.22. The van der Waals surface area contributed by atoms with Crippen LogP contribution in [0.5, 0.6) is 11.5 Å². The second-order valence-electron chi connectivity index (χ2n) is 3.83. The van der Waals surface area contributed by atoms with Gasteiger partial charge in [0.15, 0.2) is 0 Å². The third kappa shape index (κ3) is 4.48. The molecule has 0 heterocycles. The number of rotatable bonds is 7. The van der Waals surface area contributed by atoms with E-state index < -0.39 is 0 Å². The quantitative estimate of drug-likeness (QED) is 0.761. The fourth-order valence-corrected chi connectivity index (χ4v) is 2.40.